The molecule has 0 rings (SSSR count). The summed E-state index contributed by atoms with van der Waals surface area (Å²) >= 11 is 0. The number of hydrogen-bond donors (Lipinski definition) is 0. The molecule has 0 spiro atoms. The Balaban J connectivity index is 3.88. The minimum absolute atomic E-state index is 0.869. The lowest BCUT2D eigenvalue weighted by molar-refractivity contribution is 0.234. The summed E-state index contributed by atoms with van der Waals surface area (Å²) in [7, 11) is 0. The largest absolute Gasteiger partial charge is 0.0654 e. The van der Waals surface area contributed by atoms with E-state index in [1.165, 1.54) is 38.5 Å². The van der Waals surface area contributed by atoms with Crippen molar-refractivity contribution >= 4 is 0 Å². The van der Waals surface area contributed by atoms with Crippen LogP contribution in [0, 0.1) is 17.8 Å². The van der Waals surface area contributed by atoms with Crippen LogP contribution in [0.5, 0.6) is 0 Å². The predicted molar refractivity (Wildman–Crippen MR) is 66.5 cm³/mol. The lowest BCUT2D eigenvalue weighted by Crippen LogP contribution is -2.17. The molecule has 0 amide bonds. The summed E-state index contributed by atoms with van der Waals surface area (Å²) in [5, 5.41) is 0. The third kappa shape index (κ3) is 5.67. The van der Waals surface area contributed by atoms with E-state index in [-0.39, 0.29) is 0 Å². The van der Waals surface area contributed by atoms with Crippen LogP contribution in [0.3, 0.4) is 0 Å². The highest BCUT2D eigenvalue weighted by Crippen LogP contribution is 2.29. The molecule has 2 unspecified atom stereocenters. The molecule has 2 atom stereocenters. The molecule has 0 nitrogen and oxygen atoms in total. The van der Waals surface area contributed by atoms with Gasteiger partial charge in [-0.2, -0.15) is 0 Å². The van der Waals surface area contributed by atoms with E-state index in [4.69, 9.17) is 0 Å². The molecule has 0 heteroatoms. The van der Waals surface area contributed by atoms with Gasteiger partial charge in [0.2, 0.25) is 0 Å². The Labute approximate surface area is 91.5 Å². The Hall–Kier alpha value is 0. The number of unbranched alkanes of at least 4 members (excludes halogenated alkanes) is 2. The summed E-state index contributed by atoms with van der Waals surface area (Å²) in [6, 6.07) is 0. The van der Waals surface area contributed by atoms with Gasteiger partial charge in [-0.25, -0.2) is 0 Å². The molecule has 0 N–H and O–H groups in total. The van der Waals surface area contributed by atoms with Crippen LogP contribution in [0.25, 0.3) is 0 Å². The molecular weight excluding hydrogens is 168 g/mol. The highest BCUT2D eigenvalue weighted by molar-refractivity contribution is 4.69. The molecule has 14 heavy (non-hydrogen) atoms. The molecule has 0 aliphatic heterocycles. The highest BCUT2D eigenvalue weighted by atomic mass is 14.2. The molecule has 0 fully saturated rings. The lowest BCUT2D eigenvalue weighted by atomic mass is 9.79. The zero-order valence-electron chi connectivity index (χ0n) is 11.0. The Morgan fingerprint density at radius 3 is 1.86 bits per heavy atom. The van der Waals surface area contributed by atoms with E-state index < -0.39 is 0 Å². The minimum atomic E-state index is 0.869. The molecule has 0 saturated heterocycles. The molecule has 0 aromatic heterocycles. The fourth-order valence-corrected chi connectivity index (χ4v) is 2.57. The first-order valence-electron chi connectivity index (χ1n) is 6.63. The van der Waals surface area contributed by atoms with E-state index in [1.54, 1.807) is 0 Å². The Morgan fingerprint density at radius 1 is 0.786 bits per heavy atom. The van der Waals surface area contributed by atoms with E-state index in [0.717, 1.165) is 17.8 Å². The van der Waals surface area contributed by atoms with Crippen LogP contribution in [-0.2, 0) is 0 Å². The number of rotatable bonds is 8. The quantitative estimate of drug-likeness (QED) is 0.466. The fraction of sp³-hybridized carbons (Fsp3) is 1.00. The zero-order valence-corrected chi connectivity index (χ0v) is 11.0. The molecule has 0 bridgehead atoms. The van der Waals surface area contributed by atoms with Crippen LogP contribution in [0.15, 0.2) is 0 Å². The van der Waals surface area contributed by atoms with Crippen molar-refractivity contribution in [3.05, 3.63) is 0 Å². The van der Waals surface area contributed by atoms with Crippen molar-refractivity contribution < 1.29 is 0 Å². The van der Waals surface area contributed by atoms with E-state index in [9.17, 15) is 0 Å². The van der Waals surface area contributed by atoms with Crippen molar-refractivity contribution in [2.45, 2.75) is 73.1 Å². The molecular formula is C14H30. The van der Waals surface area contributed by atoms with Gasteiger partial charge in [-0.15, -0.1) is 0 Å². The first-order chi connectivity index (χ1) is 6.63. The van der Waals surface area contributed by atoms with Gasteiger partial charge < -0.3 is 0 Å². The lowest BCUT2D eigenvalue weighted by Gasteiger charge is -2.27. The van der Waals surface area contributed by atoms with Gasteiger partial charge >= 0.3 is 0 Å². The molecule has 0 saturated carbocycles. The topological polar surface area (TPSA) is 0 Å². The minimum Gasteiger partial charge on any atom is -0.0654 e. The maximum atomic E-state index is 2.44. The number of hydrogen-bond acceptors (Lipinski definition) is 0. The maximum Gasteiger partial charge on any atom is -0.0365 e. The van der Waals surface area contributed by atoms with Crippen molar-refractivity contribution in [1.82, 2.24) is 0 Å². The van der Waals surface area contributed by atoms with E-state index in [0.29, 0.717) is 0 Å². The molecule has 0 aliphatic carbocycles. The fourth-order valence-electron chi connectivity index (χ4n) is 2.57. The highest BCUT2D eigenvalue weighted by Gasteiger charge is 2.19. The average molecular weight is 198 g/mol. The maximum absolute atomic E-state index is 2.44. The summed E-state index contributed by atoms with van der Waals surface area (Å²) < 4.78 is 0. The summed E-state index contributed by atoms with van der Waals surface area (Å²) in [6.45, 7) is 11.8. The normalized spacial score (nSPS) is 15.9. The van der Waals surface area contributed by atoms with Crippen LogP contribution in [0.1, 0.15) is 73.1 Å². The predicted octanol–water partition coefficient (Wildman–Crippen LogP) is 5.28. The average Bonchev–Trinajstić information content (AvgIpc) is 2.12. The summed E-state index contributed by atoms with van der Waals surface area (Å²) in [5.74, 6) is 2.76. The van der Waals surface area contributed by atoms with E-state index in [1.807, 2.05) is 0 Å². The summed E-state index contributed by atoms with van der Waals surface area (Å²) in [5.41, 5.74) is 0. The molecule has 86 valence electrons. The SMILES string of the molecule is CCCCCC(C(C)C)C(C)CCC. The van der Waals surface area contributed by atoms with Crippen LogP contribution < -0.4 is 0 Å². The van der Waals surface area contributed by atoms with Crippen LogP contribution >= 0.6 is 0 Å². The van der Waals surface area contributed by atoms with Gasteiger partial charge in [0.05, 0.1) is 0 Å². The zero-order chi connectivity index (χ0) is 11.0. The van der Waals surface area contributed by atoms with Crippen molar-refractivity contribution in [2.75, 3.05) is 0 Å². The Morgan fingerprint density at radius 2 is 1.43 bits per heavy atom. The molecule has 0 heterocycles. The summed E-state index contributed by atoms with van der Waals surface area (Å²) in [4.78, 5) is 0. The monoisotopic (exact) mass is 198 g/mol. The summed E-state index contributed by atoms with van der Waals surface area (Å²) in [6.07, 6.45) is 8.42. The van der Waals surface area contributed by atoms with Gasteiger partial charge in [-0.05, 0) is 24.2 Å². The second kappa shape index (κ2) is 8.32. The molecule has 0 aromatic carbocycles. The van der Waals surface area contributed by atoms with Gasteiger partial charge in [0.25, 0.3) is 0 Å². The first-order valence-corrected chi connectivity index (χ1v) is 6.63. The van der Waals surface area contributed by atoms with Crippen molar-refractivity contribution in [1.29, 1.82) is 0 Å². The van der Waals surface area contributed by atoms with Crippen molar-refractivity contribution in [3.8, 4) is 0 Å². The van der Waals surface area contributed by atoms with Gasteiger partial charge in [0, 0.05) is 0 Å². The van der Waals surface area contributed by atoms with E-state index in [2.05, 4.69) is 34.6 Å². The Bertz CT molecular complexity index is 115. The smallest absolute Gasteiger partial charge is 0.0365 e. The first kappa shape index (κ1) is 14.0. The Kier molecular flexibility index (Phi) is 8.32. The second-order valence-electron chi connectivity index (χ2n) is 5.17. The standard InChI is InChI=1S/C14H30/c1-6-8-9-11-14(12(3)4)13(5)10-7-2/h12-14H,6-11H2,1-5H3. The van der Waals surface area contributed by atoms with Gasteiger partial charge in [-0.3, -0.25) is 0 Å². The molecule has 0 aliphatic rings. The molecule has 0 aromatic rings. The van der Waals surface area contributed by atoms with Gasteiger partial charge in [0.1, 0.15) is 0 Å². The van der Waals surface area contributed by atoms with Crippen molar-refractivity contribution in [2.24, 2.45) is 17.8 Å². The third-order valence-electron chi connectivity index (χ3n) is 3.47. The van der Waals surface area contributed by atoms with Gasteiger partial charge in [0.15, 0.2) is 0 Å². The van der Waals surface area contributed by atoms with E-state index >= 15 is 0 Å². The van der Waals surface area contributed by atoms with Gasteiger partial charge in [-0.1, -0.05) is 66.7 Å². The van der Waals surface area contributed by atoms with Crippen LogP contribution in [0.4, 0.5) is 0 Å². The van der Waals surface area contributed by atoms with Crippen LogP contribution in [0.2, 0.25) is 0 Å². The third-order valence-corrected chi connectivity index (χ3v) is 3.47. The second-order valence-corrected chi connectivity index (χ2v) is 5.17. The van der Waals surface area contributed by atoms with Crippen molar-refractivity contribution in [3.63, 3.8) is 0 Å². The molecule has 0 radical (unpaired) electrons. The van der Waals surface area contributed by atoms with Crippen LogP contribution in [-0.4, -0.2) is 0 Å².